The summed E-state index contributed by atoms with van der Waals surface area (Å²) in [5.41, 5.74) is 2.53. The van der Waals surface area contributed by atoms with Gasteiger partial charge in [0, 0.05) is 13.2 Å². The van der Waals surface area contributed by atoms with Gasteiger partial charge in [0.1, 0.15) is 0 Å². The zero-order chi connectivity index (χ0) is 14.2. The molecule has 2 atom stereocenters. The highest BCUT2D eigenvalue weighted by Gasteiger charge is 2.18. The monoisotopic (exact) mass is 277 g/mol. The second kappa shape index (κ2) is 8.40. The van der Waals surface area contributed by atoms with Crippen molar-refractivity contribution in [3.63, 3.8) is 0 Å². The zero-order valence-corrected chi connectivity index (χ0v) is 12.7. The van der Waals surface area contributed by atoms with Crippen molar-refractivity contribution in [3.05, 3.63) is 35.4 Å². The van der Waals surface area contributed by atoms with E-state index >= 15 is 0 Å². The molecule has 0 saturated carbocycles. The molecule has 112 valence electrons. The van der Waals surface area contributed by atoms with E-state index in [0.29, 0.717) is 6.61 Å². The molecule has 3 heteroatoms. The molecule has 1 fully saturated rings. The lowest BCUT2D eigenvalue weighted by Crippen LogP contribution is -2.29. The predicted octanol–water partition coefficient (Wildman–Crippen LogP) is 3.23. The van der Waals surface area contributed by atoms with Crippen LogP contribution in [0.1, 0.15) is 43.4 Å². The molecule has 1 heterocycles. The minimum Gasteiger partial charge on any atom is -0.376 e. The van der Waals surface area contributed by atoms with Crippen LogP contribution in [0.2, 0.25) is 0 Å². The molecule has 1 N–H and O–H groups in total. The predicted molar refractivity (Wildman–Crippen MR) is 82.0 cm³/mol. The summed E-state index contributed by atoms with van der Waals surface area (Å²) in [5.74, 6) is 0. The van der Waals surface area contributed by atoms with E-state index in [1.807, 2.05) is 0 Å². The molecular formula is C17H27NO2. The molecular weight excluding hydrogens is 250 g/mol. The van der Waals surface area contributed by atoms with E-state index in [0.717, 1.165) is 26.1 Å². The molecule has 0 aliphatic carbocycles. The average Bonchev–Trinajstić information content (AvgIpc) is 2.48. The first-order valence-electron chi connectivity index (χ1n) is 7.80. The molecule has 1 aromatic rings. The molecule has 0 bridgehead atoms. The normalized spacial score (nSPS) is 20.8. The Bertz CT molecular complexity index is 388. The molecule has 0 aromatic heterocycles. The highest BCUT2D eigenvalue weighted by Crippen LogP contribution is 2.20. The van der Waals surface area contributed by atoms with Crippen LogP contribution in [-0.2, 0) is 9.47 Å². The molecule has 1 aliphatic rings. The van der Waals surface area contributed by atoms with Gasteiger partial charge in [-0.1, -0.05) is 36.8 Å². The minimum absolute atomic E-state index is 0.111. The Balaban J connectivity index is 1.92. The molecule has 3 nitrogen and oxygen atoms in total. The van der Waals surface area contributed by atoms with Crippen LogP contribution in [0.25, 0.3) is 0 Å². The van der Waals surface area contributed by atoms with E-state index in [1.165, 1.54) is 24.0 Å². The van der Waals surface area contributed by atoms with E-state index < -0.39 is 0 Å². The number of likely N-dealkylation sites (N-methyl/N-ethyl adjacent to an activating group) is 1. The van der Waals surface area contributed by atoms with Gasteiger partial charge in [0.25, 0.3) is 0 Å². The molecule has 20 heavy (non-hydrogen) atoms. The highest BCUT2D eigenvalue weighted by molar-refractivity contribution is 5.24. The van der Waals surface area contributed by atoms with Crippen LogP contribution in [0.3, 0.4) is 0 Å². The Kier molecular flexibility index (Phi) is 6.51. The first kappa shape index (κ1) is 15.5. The largest absolute Gasteiger partial charge is 0.376 e. The maximum Gasteiger partial charge on any atom is 0.0950 e. The lowest BCUT2D eigenvalue weighted by Gasteiger charge is -2.26. The van der Waals surface area contributed by atoms with Crippen LogP contribution in [0.4, 0.5) is 0 Å². The summed E-state index contributed by atoms with van der Waals surface area (Å²) in [6.45, 7) is 7.65. The van der Waals surface area contributed by atoms with Crippen molar-refractivity contribution in [2.24, 2.45) is 0 Å². The van der Waals surface area contributed by atoms with Crippen molar-refractivity contribution in [2.45, 2.75) is 45.3 Å². The van der Waals surface area contributed by atoms with Crippen LogP contribution in [0, 0.1) is 6.92 Å². The van der Waals surface area contributed by atoms with Gasteiger partial charge in [0.15, 0.2) is 0 Å². The van der Waals surface area contributed by atoms with E-state index in [9.17, 15) is 0 Å². The number of ether oxygens (including phenoxy) is 2. The summed E-state index contributed by atoms with van der Waals surface area (Å²) in [6.07, 6.45) is 3.96. The number of hydrogen-bond acceptors (Lipinski definition) is 3. The van der Waals surface area contributed by atoms with Crippen molar-refractivity contribution in [3.8, 4) is 0 Å². The SMILES string of the molecule is CCNCC(OCC1CCCCO1)c1cccc(C)c1. The summed E-state index contributed by atoms with van der Waals surface area (Å²) in [6, 6.07) is 8.59. The summed E-state index contributed by atoms with van der Waals surface area (Å²) in [7, 11) is 0. The van der Waals surface area contributed by atoms with Crippen LogP contribution >= 0.6 is 0 Å². The second-order valence-electron chi connectivity index (χ2n) is 5.53. The Morgan fingerprint density at radius 1 is 1.40 bits per heavy atom. The second-order valence-corrected chi connectivity index (χ2v) is 5.53. The maximum atomic E-state index is 6.14. The molecule has 1 aromatic carbocycles. The van der Waals surface area contributed by atoms with Crippen molar-refractivity contribution in [2.75, 3.05) is 26.3 Å². The van der Waals surface area contributed by atoms with Gasteiger partial charge in [-0.2, -0.15) is 0 Å². The first-order chi connectivity index (χ1) is 9.79. The van der Waals surface area contributed by atoms with Gasteiger partial charge in [-0.15, -0.1) is 0 Å². The summed E-state index contributed by atoms with van der Waals surface area (Å²) < 4.78 is 11.9. The molecule has 1 aliphatic heterocycles. The molecule has 0 spiro atoms. The number of aryl methyl sites for hydroxylation is 1. The number of hydrogen-bond donors (Lipinski definition) is 1. The van der Waals surface area contributed by atoms with Crippen molar-refractivity contribution in [1.82, 2.24) is 5.32 Å². The molecule has 1 saturated heterocycles. The third-order valence-electron chi connectivity index (χ3n) is 3.75. The van der Waals surface area contributed by atoms with E-state index in [1.54, 1.807) is 0 Å². The van der Waals surface area contributed by atoms with Crippen molar-refractivity contribution in [1.29, 1.82) is 0 Å². The van der Waals surface area contributed by atoms with Gasteiger partial charge in [0.05, 0.1) is 18.8 Å². The smallest absolute Gasteiger partial charge is 0.0950 e. The van der Waals surface area contributed by atoms with Gasteiger partial charge >= 0.3 is 0 Å². The van der Waals surface area contributed by atoms with Crippen LogP contribution < -0.4 is 5.32 Å². The van der Waals surface area contributed by atoms with Gasteiger partial charge < -0.3 is 14.8 Å². The number of nitrogens with one attached hydrogen (secondary N) is 1. The quantitative estimate of drug-likeness (QED) is 0.830. The Hall–Kier alpha value is -0.900. The lowest BCUT2D eigenvalue weighted by atomic mass is 10.1. The zero-order valence-electron chi connectivity index (χ0n) is 12.7. The van der Waals surface area contributed by atoms with Gasteiger partial charge in [-0.3, -0.25) is 0 Å². The number of benzene rings is 1. The topological polar surface area (TPSA) is 30.5 Å². The third kappa shape index (κ3) is 4.89. The number of rotatable bonds is 7. The Labute approximate surface area is 122 Å². The third-order valence-corrected chi connectivity index (χ3v) is 3.75. The van der Waals surface area contributed by atoms with E-state index in [4.69, 9.17) is 9.47 Å². The summed E-state index contributed by atoms with van der Waals surface area (Å²) in [5, 5.41) is 3.39. The van der Waals surface area contributed by atoms with Crippen LogP contribution in [0.5, 0.6) is 0 Å². The molecule has 2 unspecified atom stereocenters. The molecule has 0 radical (unpaired) electrons. The van der Waals surface area contributed by atoms with Crippen LogP contribution in [0.15, 0.2) is 24.3 Å². The minimum atomic E-state index is 0.111. The van der Waals surface area contributed by atoms with Crippen LogP contribution in [-0.4, -0.2) is 32.4 Å². The summed E-state index contributed by atoms with van der Waals surface area (Å²) >= 11 is 0. The fraction of sp³-hybridized carbons (Fsp3) is 0.647. The Morgan fingerprint density at radius 3 is 3.00 bits per heavy atom. The van der Waals surface area contributed by atoms with Crippen molar-refractivity contribution >= 4 is 0 Å². The average molecular weight is 277 g/mol. The fourth-order valence-electron chi connectivity index (χ4n) is 2.58. The summed E-state index contributed by atoms with van der Waals surface area (Å²) in [4.78, 5) is 0. The standard InChI is InChI=1S/C17H27NO2/c1-3-18-12-17(15-8-6-7-14(2)11-15)20-13-16-9-4-5-10-19-16/h6-8,11,16-18H,3-5,9-10,12-13H2,1-2H3. The van der Waals surface area contributed by atoms with E-state index in [2.05, 4.69) is 43.4 Å². The Morgan fingerprint density at radius 2 is 2.30 bits per heavy atom. The maximum absolute atomic E-state index is 6.14. The first-order valence-corrected chi connectivity index (χ1v) is 7.80. The van der Waals surface area contributed by atoms with Crippen molar-refractivity contribution < 1.29 is 9.47 Å². The molecule has 2 rings (SSSR count). The highest BCUT2D eigenvalue weighted by atomic mass is 16.5. The van der Waals surface area contributed by atoms with E-state index in [-0.39, 0.29) is 12.2 Å². The fourth-order valence-corrected chi connectivity index (χ4v) is 2.58. The van der Waals surface area contributed by atoms with Gasteiger partial charge in [-0.05, 0) is 38.3 Å². The van der Waals surface area contributed by atoms with Gasteiger partial charge in [0.2, 0.25) is 0 Å². The van der Waals surface area contributed by atoms with Gasteiger partial charge in [-0.25, -0.2) is 0 Å². The lowest BCUT2D eigenvalue weighted by molar-refractivity contribution is -0.0632. The molecule has 0 amide bonds.